The van der Waals surface area contributed by atoms with Crippen LogP contribution in [0.1, 0.15) is 36.4 Å². The first-order valence-electron chi connectivity index (χ1n) is 6.83. The highest BCUT2D eigenvalue weighted by Gasteiger charge is 2.17. The third kappa shape index (κ3) is 2.40. The molecule has 0 amide bonds. The molecule has 0 saturated heterocycles. The minimum atomic E-state index is 0.464. The molecule has 1 N–H and O–H groups in total. The summed E-state index contributed by atoms with van der Waals surface area (Å²) < 4.78 is 0. The molecule has 1 heteroatoms. The van der Waals surface area contributed by atoms with Crippen LogP contribution in [0.3, 0.4) is 0 Å². The Balaban J connectivity index is 1.88. The second-order valence-electron chi connectivity index (χ2n) is 5.01. The quantitative estimate of drug-likeness (QED) is 0.755. The maximum absolute atomic E-state index is 3.68. The third-order valence-electron chi connectivity index (χ3n) is 3.73. The van der Waals surface area contributed by atoms with E-state index in [0.29, 0.717) is 6.04 Å². The Morgan fingerprint density at radius 3 is 2.50 bits per heavy atom. The van der Waals surface area contributed by atoms with Crippen LogP contribution in [0.15, 0.2) is 54.6 Å². The Kier molecular flexibility index (Phi) is 3.31. The average molecular weight is 237 g/mol. The van der Waals surface area contributed by atoms with Gasteiger partial charge in [0.05, 0.1) is 6.04 Å². The van der Waals surface area contributed by atoms with Gasteiger partial charge in [-0.15, -0.1) is 0 Å². The van der Waals surface area contributed by atoms with E-state index in [0.717, 1.165) is 0 Å². The second kappa shape index (κ2) is 5.26. The minimum Gasteiger partial charge on any atom is -0.378 e. The van der Waals surface area contributed by atoms with Gasteiger partial charge in [-0.3, -0.25) is 0 Å². The van der Waals surface area contributed by atoms with Crippen molar-refractivity contribution in [3.63, 3.8) is 0 Å². The van der Waals surface area contributed by atoms with Crippen LogP contribution in [0.5, 0.6) is 0 Å². The van der Waals surface area contributed by atoms with Crippen LogP contribution in [-0.4, -0.2) is 0 Å². The summed E-state index contributed by atoms with van der Waals surface area (Å²) >= 11 is 0. The molecule has 1 aliphatic rings. The Morgan fingerprint density at radius 1 is 0.833 bits per heavy atom. The summed E-state index contributed by atoms with van der Waals surface area (Å²) in [4.78, 5) is 0. The highest BCUT2D eigenvalue weighted by molar-refractivity contribution is 5.46. The van der Waals surface area contributed by atoms with Crippen molar-refractivity contribution in [3.8, 4) is 0 Å². The van der Waals surface area contributed by atoms with Gasteiger partial charge in [-0.25, -0.2) is 0 Å². The Morgan fingerprint density at radius 2 is 1.61 bits per heavy atom. The molecule has 0 aliphatic heterocycles. The Labute approximate surface area is 109 Å². The molecule has 0 fully saturated rings. The van der Waals surface area contributed by atoms with Gasteiger partial charge in [0.2, 0.25) is 0 Å². The maximum atomic E-state index is 3.68. The lowest BCUT2D eigenvalue weighted by molar-refractivity contribution is 0.644. The number of benzene rings is 2. The lowest BCUT2D eigenvalue weighted by Crippen LogP contribution is -2.11. The van der Waals surface area contributed by atoms with Crippen LogP contribution < -0.4 is 5.32 Å². The summed E-state index contributed by atoms with van der Waals surface area (Å²) in [6.07, 6.45) is 5.07. The van der Waals surface area contributed by atoms with Gasteiger partial charge in [0, 0.05) is 5.69 Å². The predicted octanol–water partition coefficient (Wildman–Crippen LogP) is 4.57. The Bertz CT molecular complexity index is 504. The first-order chi connectivity index (χ1) is 8.93. The van der Waals surface area contributed by atoms with Gasteiger partial charge in [0.25, 0.3) is 0 Å². The fourth-order valence-corrected chi connectivity index (χ4v) is 2.81. The second-order valence-corrected chi connectivity index (χ2v) is 5.01. The summed E-state index contributed by atoms with van der Waals surface area (Å²) in [5, 5.41) is 3.68. The van der Waals surface area contributed by atoms with Crippen molar-refractivity contribution in [1.29, 1.82) is 0 Å². The van der Waals surface area contributed by atoms with E-state index in [1.165, 1.54) is 42.5 Å². The van der Waals surface area contributed by atoms with Crippen molar-refractivity contribution in [2.24, 2.45) is 0 Å². The van der Waals surface area contributed by atoms with Gasteiger partial charge in [-0.1, -0.05) is 48.9 Å². The molecule has 1 atom stereocenters. The standard InChI is InChI=1S/C17H19N/c1-2-10-15(11-3-1)18-17-13-7-5-9-14-8-4-6-12-16(14)17/h1-4,6,8,10-12,17-18H,5,7,9,13H2/t17-/m0/s1. The monoisotopic (exact) mass is 237 g/mol. The van der Waals surface area contributed by atoms with Crippen molar-refractivity contribution in [1.82, 2.24) is 0 Å². The van der Waals surface area contributed by atoms with Crippen molar-refractivity contribution in [2.75, 3.05) is 5.32 Å². The first-order valence-corrected chi connectivity index (χ1v) is 6.83. The van der Waals surface area contributed by atoms with Crippen LogP contribution in [0.4, 0.5) is 5.69 Å². The fraction of sp³-hybridized carbons (Fsp3) is 0.294. The highest BCUT2D eigenvalue weighted by atomic mass is 14.9. The molecule has 2 aromatic rings. The van der Waals surface area contributed by atoms with Crippen LogP contribution in [0, 0.1) is 0 Å². The van der Waals surface area contributed by atoms with Gasteiger partial charge >= 0.3 is 0 Å². The molecule has 0 saturated carbocycles. The van der Waals surface area contributed by atoms with Crippen molar-refractivity contribution in [2.45, 2.75) is 31.7 Å². The van der Waals surface area contributed by atoms with E-state index in [1.807, 2.05) is 0 Å². The molecule has 1 aliphatic carbocycles. The molecule has 0 bridgehead atoms. The summed E-state index contributed by atoms with van der Waals surface area (Å²) in [5.41, 5.74) is 4.22. The topological polar surface area (TPSA) is 12.0 Å². The first kappa shape index (κ1) is 11.3. The predicted molar refractivity (Wildman–Crippen MR) is 76.8 cm³/mol. The van der Waals surface area contributed by atoms with Gasteiger partial charge in [0.15, 0.2) is 0 Å². The lowest BCUT2D eigenvalue weighted by Gasteiger charge is -2.20. The van der Waals surface area contributed by atoms with E-state index < -0.39 is 0 Å². The number of nitrogens with one attached hydrogen (secondary N) is 1. The van der Waals surface area contributed by atoms with Crippen LogP contribution in [0.2, 0.25) is 0 Å². The molecule has 0 aromatic heterocycles. The van der Waals surface area contributed by atoms with Crippen LogP contribution in [0.25, 0.3) is 0 Å². The van der Waals surface area contributed by atoms with Crippen LogP contribution in [-0.2, 0) is 6.42 Å². The number of anilines is 1. The van der Waals surface area contributed by atoms with Gasteiger partial charge in [-0.2, -0.15) is 0 Å². The summed E-state index contributed by atoms with van der Waals surface area (Å²) in [6.45, 7) is 0. The van der Waals surface area contributed by atoms with Gasteiger partial charge in [-0.05, 0) is 42.5 Å². The highest BCUT2D eigenvalue weighted by Crippen LogP contribution is 2.31. The largest absolute Gasteiger partial charge is 0.378 e. The maximum Gasteiger partial charge on any atom is 0.0516 e. The zero-order chi connectivity index (χ0) is 12.2. The van der Waals surface area contributed by atoms with E-state index in [1.54, 1.807) is 0 Å². The number of hydrogen-bond acceptors (Lipinski definition) is 1. The third-order valence-corrected chi connectivity index (χ3v) is 3.73. The zero-order valence-electron chi connectivity index (χ0n) is 10.6. The molecule has 3 rings (SSSR count). The number of para-hydroxylation sites is 1. The minimum absolute atomic E-state index is 0.464. The van der Waals surface area contributed by atoms with Gasteiger partial charge < -0.3 is 5.32 Å². The van der Waals surface area contributed by atoms with E-state index in [-0.39, 0.29) is 0 Å². The van der Waals surface area contributed by atoms with Crippen LogP contribution >= 0.6 is 0 Å². The molecule has 0 heterocycles. The smallest absolute Gasteiger partial charge is 0.0516 e. The number of rotatable bonds is 2. The molecule has 1 nitrogen and oxygen atoms in total. The average Bonchev–Trinajstić information content (AvgIpc) is 2.63. The number of hydrogen-bond donors (Lipinski definition) is 1. The van der Waals surface area contributed by atoms with Crippen molar-refractivity contribution >= 4 is 5.69 Å². The number of fused-ring (bicyclic) bond motifs is 1. The molecule has 0 radical (unpaired) electrons. The molecule has 0 spiro atoms. The summed E-state index contributed by atoms with van der Waals surface area (Å²) in [6, 6.07) is 19.9. The van der Waals surface area contributed by atoms with Crippen molar-refractivity contribution < 1.29 is 0 Å². The molecular formula is C17H19N. The SMILES string of the molecule is c1ccc(N[C@H]2CCCCc3ccccc32)cc1. The summed E-state index contributed by atoms with van der Waals surface area (Å²) in [5.74, 6) is 0. The van der Waals surface area contributed by atoms with E-state index in [9.17, 15) is 0 Å². The molecule has 92 valence electrons. The zero-order valence-corrected chi connectivity index (χ0v) is 10.6. The lowest BCUT2D eigenvalue weighted by atomic mass is 9.99. The summed E-state index contributed by atoms with van der Waals surface area (Å²) in [7, 11) is 0. The molecule has 0 unspecified atom stereocenters. The molecular weight excluding hydrogens is 218 g/mol. The molecule has 2 aromatic carbocycles. The van der Waals surface area contributed by atoms with E-state index in [4.69, 9.17) is 0 Å². The normalized spacial score (nSPS) is 18.8. The van der Waals surface area contributed by atoms with Crippen molar-refractivity contribution in [3.05, 3.63) is 65.7 Å². The van der Waals surface area contributed by atoms with E-state index >= 15 is 0 Å². The van der Waals surface area contributed by atoms with E-state index in [2.05, 4.69) is 59.9 Å². The Hall–Kier alpha value is -1.76. The van der Waals surface area contributed by atoms with Gasteiger partial charge in [0.1, 0.15) is 0 Å². The number of aryl methyl sites for hydroxylation is 1. The molecule has 18 heavy (non-hydrogen) atoms. The fourth-order valence-electron chi connectivity index (χ4n) is 2.81.